The number of nitrogens with zero attached hydrogens (tertiary/aromatic N) is 3. The normalized spacial score (nSPS) is 14.3. The van der Waals surface area contributed by atoms with Crippen LogP contribution in [-0.4, -0.2) is 32.7 Å². The highest BCUT2D eigenvalue weighted by molar-refractivity contribution is 5.95. The molecule has 8 heteroatoms. The number of hydrogen-bond acceptors (Lipinski definition) is 6. The number of aromatic amines is 1. The van der Waals surface area contributed by atoms with E-state index in [0.29, 0.717) is 18.0 Å². The van der Waals surface area contributed by atoms with Crippen molar-refractivity contribution in [2.24, 2.45) is 0 Å². The van der Waals surface area contributed by atoms with Gasteiger partial charge in [0.1, 0.15) is 12.4 Å². The molecule has 0 radical (unpaired) electrons. The van der Waals surface area contributed by atoms with Gasteiger partial charge in [0, 0.05) is 34.8 Å². The third-order valence-corrected chi connectivity index (χ3v) is 8.22. The van der Waals surface area contributed by atoms with E-state index in [9.17, 15) is 4.79 Å². The predicted molar refractivity (Wildman–Crippen MR) is 171 cm³/mol. The van der Waals surface area contributed by atoms with Crippen LogP contribution in [0, 0.1) is 0 Å². The van der Waals surface area contributed by atoms with E-state index in [4.69, 9.17) is 9.72 Å². The summed E-state index contributed by atoms with van der Waals surface area (Å²) < 4.78 is 5.93. The van der Waals surface area contributed by atoms with Crippen LogP contribution in [0.2, 0.25) is 0 Å². The second-order valence-electron chi connectivity index (χ2n) is 11.6. The Morgan fingerprint density at radius 2 is 1.79 bits per heavy atom. The summed E-state index contributed by atoms with van der Waals surface area (Å²) in [4.78, 5) is 22.5. The predicted octanol–water partition coefficient (Wildman–Crippen LogP) is 7.76. The first-order chi connectivity index (χ1) is 21.0. The first-order valence-electron chi connectivity index (χ1n) is 15.8. The molecule has 226 valence electrons. The van der Waals surface area contributed by atoms with Gasteiger partial charge in [-0.3, -0.25) is 14.9 Å². The first kappa shape index (κ1) is 30.3. The van der Waals surface area contributed by atoms with E-state index in [1.807, 2.05) is 42.5 Å². The largest absolute Gasteiger partial charge is 0.491 e. The highest BCUT2D eigenvalue weighted by Gasteiger charge is 2.35. The van der Waals surface area contributed by atoms with Gasteiger partial charge >= 0.3 is 0 Å². The third kappa shape index (κ3) is 7.24. The number of fused-ring (bicyclic) bond motifs is 1. The fourth-order valence-electron chi connectivity index (χ4n) is 6.06. The molecule has 0 saturated carbocycles. The molecule has 1 aliphatic heterocycles. The number of carbonyl (C=O) groups excluding carboxylic acids is 1. The van der Waals surface area contributed by atoms with E-state index in [1.54, 1.807) is 12.4 Å². The Morgan fingerprint density at radius 1 is 0.977 bits per heavy atom. The maximum atomic E-state index is 13.5. The van der Waals surface area contributed by atoms with Crippen molar-refractivity contribution in [3.63, 3.8) is 0 Å². The summed E-state index contributed by atoms with van der Waals surface area (Å²) in [7, 11) is 0. The number of H-pyrrole nitrogens is 1. The molecule has 2 aromatic carbocycles. The molecular weight excluding hydrogens is 536 g/mol. The summed E-state index contributed by atoms with van der Waals surface area (Å²) in [5.74, 6) is 2.19. The molecule has 0 saturated heterocycles. The van der Waals surface area contributed by atoms with Crippen LogP contribution in [0.5, 0.6) is 5.75 Å². The molecule has 5 rings (SSSR count). The molecule has 1 unspecified atom stereocenters. The molecule has 2 aromatic heterocycles. The third-order valence-electron chi connectivity index (χ3n) is 8.22. The summed E-state index contributed by atoms with van der Waals surface area (Å²) >= 11 is 0. The fraction of sp³-hybridized carbons (Fsp3) is 0.429. The van der Waals surface area contributed by atoms with Crippen LogP contribution >= 0.6 is 0 Å². The number of ether oxygens (including phenoxy) is 1. The van der Waals surface area contributed by atoms with E-state index >= 15 is 0 Å². The molecule has 3 N–H and O–H groups in total. The second kappa shape index (κ2) is 14.3. The van der Waals surface area contributed by atoms with Gasteiger partial charge in [0.05, 0.1) is 11.6 Å². The number of benzene rings is 2. The number of aryl methyl sites for hydroxylation is 1. The van der Waals surface area contributed by atoms with Crippen molar-refractivity contribution in [3.05, 3.63) is 89.5 Å². The number of carbonyl (C=O) groups is 1. The Hall–Kier alpha value is -4.20. The Kier molecular flexibility index (Phi) is 10.1. The van der Waals surface area contributed by atoms with Crippen LogP contribution in [0.1, 0.15) is 105 Å². The molecule has 43 heavy (non-hydrogen) atoms. The summed E-state index contributed by atoms with van der Waals surface area (Å²) in [5.41, 5.74) is 4.30. The minimum Gasteiger partial charge on any atom is -0.491 e. The quantitative estimate of drug-likeness (QED) is 0.124. The number of amides is 1. The first-order valence-corrected chi connectivity index (χ1v) is 15.8. The monoisotopic (exact) mass is 580 g/mol. The number of nitrogens with one attached hydrogen (secondary N) is 3. The number of unbranched alkanes of at least 4 members (excludes halogenated alkanes) is 3. The van der Waals surface area contributed by atoms with Gasteiger partial charge in [0.15, 0.2) is 11.6 Å². The number of anilines is 1. The van der Waals surface area contributed by atoms with Crippen molar-refractivity contribution < 1.29 is 9.53 Å². The SMILES string of the molecule is CCCCCCc1ccc2c(c1)C(NC(=O)c1cccc(NC(CCC)(CCC)c3nc(-c4ccncc4)n[nH]3)c1)CO2. The standard InChI is InChI=1S/C35H44N6O2/c1-4-7-8-9-11-25-14-15-31-29(22-25)30(24-43-31)37-33(42)27-12-10-13-28(23-27)39-35(18-5-2,19-6-3)34-38-32(40-41-34)26-16-20-36-21-17-26/h10,12-17,20-23,30,39H,4-9,11,18-19,24H2,1-3H3,(H,37,42)(H,38,40,41). The van der Waals surface area contributed by atoms with Crippen LogP contribution in [0.25, 0.3) is 11.4 Å². The second-order valence-corrected chi connectivity index (χ2v) is 11.6. The fourth-order valence-corrected chi connectivity index (χ4v) is 6.06. The Bertz CT molecular complexity index is 1480. The lowest BCUT2D eigenvalue weighted by Crippen LogP contribution is -2.37. The summed E-state index contributed by atoms with van der Waals surface area (Å²) in [6.07, 6.45) is 13.1. The lowest BCUT2D eigenvalue weighted by atomic mass is 9.87. The Labute approximate surface area is 255 Å². The smallest absolute Gasteiger partial charge is 0.251 e. The Morgan fingerprint density at radius 3 is 2.56 bits per heavy atom. The van der Waals surface area contributed by atoms with Crippen LogP contribution < -0.4 is 15.4 Å². The van der Waals surface area contributed by atoms with Crippen molar-refractivity contribution >= 4 is 11.6 Å². The zero-order valence-corrected chi connectivity index (χ0v) is 25.7. The molecule has 1 atom stereocenters. The zero-order valence-electron chi connectivity index (χ0n) is 25.7. The molecule has 0 aliphatic carbocycles. The molecule has 0 bridgehead atoms. The van der Waals surface area contributed by atoms with Gasteiger partial charge in [0.25, 0.3) is 5.91 Å². The van der Waals surface area contributed by atoms with Crippen LogP contribution in [0.15, 0.2) is 67.0 Å². The molecule has 4 aromatic rings. The number of rotatable bonds is 15. The van der Waals surface area contributed by atoms with Crippen molar-refractivity contribution in [3.8, 4) is 17.1 Å². The van der Waals surface area contributed by atoms with Gasteiger partial charge in [0.2, 0.25) is 0 Å². The molecule has 0 spiro atoms. The van der Waals surface area contributed by atoms with Gasteiger partial charge in [-0.15, -0.1) is 0 Å². The average Bonchev–Trinajstić information content (AvgIpc) is 3.68. The van der Waals surface area contributed by atoms with Crippen LogP contribution in [-0.2, 0) is 12.0 Å². The Balaban J connectivity index is 1.32. The topological polar surface area (TPSA) is 105 Å². The van der Waals surface area contributed by atoms with Gasteiger partial charge < -0.3 is 15.4 Å². The lowest BCUT2D eigenvalue weighted by molar-refractivity contribution is 0.0930. The van der Waals surface area contributed by atoms with E-state index < -0.39 is 5.54 Å². The van der Waals surface area contributed by atoms with E-state index in [-0.39, 0.29) is 11.9 Å². The number of pyridine rings is 1. The minimum absolute atomic E-state index is 0.116. The summed E-state index contributed by atoms with van der Waals surface area (Å²) in [6, 6.07) is 17.8. The number of aromatic nitrogens is 4. The van der Waals surface area contributed by atoms with Crippen molar-refractivity contribution in [2.45, 2.75) is 90.1 Å². The highest BCUT2D eigenvalue weighted by atomic mass is 16.5. The van der Waals surface area contributed by atoms with Gasteiger partial charge in [-0.1, -0.05) is 65.0 Å². The van der Waals surface area contributed by atoms with Gasteiger partial charge in [-0.25, -0.2) is 4.98 Å². The zero-order chi connectivity index (χ0) is 30.1. The molecule has 0 fully saturated rings. The molecule has 1 amide bonds. The number of hydrogen-bond donors (Lipinski definition) is 3. The van der Waals surface area contributed by atoms with Crippen molar-refractivity contribution in [1.82, 2.24) is 25.5 Å². The van der Waals surface area contributed by atoms with Crippen molar-refractivity contribution in [2.75, 3.05) is 11.9 Å². The minimum atomic E-state index is -0.456. The lowest BCUT2D eigenvalue weighted by Gasteiger charge is -2.33. The molecular formula is C35H44N6O2. The average molecular weight is 581 g/mol. The van der Waals surface area contributed by atoms with Crippen LogP contribution in [0.3, 0.4) is 0 Å². The molecule has 3 heterocycles. The van der Waals surface area contributed by atoms with Crippen LogP contribution in [0.4, 0.5) is 5.69 Å². The maximum Gasteiger partial charge on any atom is 0.251 e. The van der Waals surface area contributed by atoms with E-state index in [1.165, 1.54) is 31.2 Å². The van der Waals surface area contributed by atoms with E-state index in [2.05, 4.69) is 58.7 Å². The van der Waals surface area contributed by atoms with Crippen molar-refractivity contribution in [1.29, 1.82) is 0 Å². The van der Waals surface area contributed by atoms with Gasteiger partial charge in [-0.2, -0.15) is 5.10 Å². The van der Waals surface area contributed by atoms with Gasteiger partial charge in [-0.05, 0) is 73.7 Å². The van der Waals surface area contributed by atoms with E-state index in [0.717, 1.165) is 60.5 Å². The summed E-state index contributed by atoms with van der Waals surface area (Å²) in [6.45, 7) is 7.02. The highest BCUT2D eigenvalue weighted by Crippen LogP contribution is 2.36. The molecule has 8 nitrogen and oxygen atoms in total. The maximum absolute atomic E-state index is 13.5. The summed E-state index contributed by atoms with van der Waals surface area (Å²) in [5, 5.41) is 14.7. The molecule has 1 aliphatic rings.